The summed E-state index contributed by atoms with van der Waals surface area (Å²) >= 11 is 0. The second kappa shape index (κ2) is 7.53. The number of nitrogen functional groups attached to an aromatic ring is 1. The van der Waals surface area contributed by atoms with Crippen LogP contribution in [0.5, 0.6) is 5.75 Å². The van der Waals surface area contributed by atoms with Gasteiger partial charge in [-0.25, -0.2) is 0 Å². The lowest BCUT2D eigenvalue weighted by molar-refractivity contribution is -0.134. The van der Waals surface area contributed by atoms with Crippen molar-refractivity contribution in [3.8, 4) is 11.8 Å². The molecule has 92 valence electrons. The maximum absolute atomic E-state index is 11.4. The van der Waals surface area contributed by atoms with Crippen LogP contribution in [0.4, 0.5) is 5.69 Å². The number of hydrogen-bond donors (Lipinski definition) is 1. The number of para-hydroxylation sites is 1. The minimum absolute atomic E-state index is 0. The first-order chi connectivity index (χ1) is 7.69. The molecule has 1 rings (SSSR count). The summed E-state index contributed by atoms with van der Waals surface area (Å²) in [5.74, 6) is -0.0520. The Hall–Kier alpha value is -1.73. The molecule has 0 amide bonds. The number of nitrogens with two attached hydrogens (primary N) is 1. The van der Waals surface area contributed by atoms with Crippen molar-refractivity contribution in [3.63, 3.8) is 0 Å². The van der Waals surface area contributed by atoms with Gasteiger partial charge in [0.05, 0.1) is 11.3 Å². The molecule has 0 aliphatic carbocycles. The molecule has 0 radical (unpaired) electrons. The first-order valence-corrected chi connectivity index (χ1v) is 5.18. The average Bonchev–Trinajstić information content (AvgIpc) is 2.29. The maximum Gasteiger partial charge on any atom is 0.311 e. The number of unbranched alkanes of at least 4 members (excludes halogenated alkanes) is 1. The van der Waals surface area contributed by atoms with Gasteiger partial charge in [-0.1, -0.05) is 19.4 Å². The minimum Gasteiger partial charge on any atom is -0.424 e. The molecule has 0 bridgehead atoms. The molecule has 0 spiro atoms. The standard InChI is InChI=1S/C12H14N2O2.ClH/c1-2-3-7-11(15)16-10-6-4-5-9(8-13)12(10)14;/h4-6H,2-3,7,14H2,1H3;1H. The summed E-state index contributed by atoms with van der Waals surface area (Å²) in [4.78, 5) is 11.4. The van der Waals surface area contributed by atoms with Gasteiger partial charge in [-0.2, -0.15) is 5.26 Å². The van der Waals surface area contributed by atoms with Gasteiger partial charge in [0.2, 0.25) is 0 Å². The third-order valence-electron chi connectivity index (χ3n) is 2.14. The summed E-state index contributed by atoms with van der Waals surface area (Å²) in [6.07, 6.45) is 2.09. The molecule has 0 saturated carbocycles. The Morgan fingerprint density at radius 2 is 2.24 bits per heavy atom. The number of esters is 1. The van der Waals surface area contributed by atoms with Gasteiger partial charge in [0.25, 0.3) is 0 Å². The predicted molar refractivity (Wildman–Crippen MR) is 68.0 cm³/mol. The molecule has 0 aliphatic rings. The summed E-state index contributed by atoms with van der Waals surface area (Å²) < 4.78 is 5.07. The van der Waals surface area contributed by atoms with Gasteiger partial charge in [0.15, 0.2) is 5.75 Å². The molecule has 0 unspecified atom stereocenters. The molecule has 0 heterocycles. The molecule has 0 atom stereocenters. The monoisotopic (exact) mass is 254 g/mol. The average molecular weight is 255 g/mol. The summed E-state index contributed by atoms with van der Waals surface area (Å²) in [5.41, 5.74) is 6.21. The van der Waals surface area contributed by atoms with Gasteiger partial charge in [0, 0.05) is 6.42 Å². The lowest BCUT2D eigenvalue weighted by Gasteiger charge is -2.07. The zero-order valence-corrected chi connectivity index (χ0v) is 10.4. The van der Waals surface area contributed by atoms with Gasteiger partial charge >= 0.3 is 5.97 Å². The van der Waals surface area contributed by atoms with E-state index < -0.39 is 0 Å². The topological polar surface area (TPSA) is 76.1 Å². The predicted octanol–water partition coefficient (Wildman–Crippen LogP) is 2.66. The van der Waals surface area contributed by atoms with Crippen LogP contribution in [0, 0.1) is 11.3 Å². The van der Waals surface area contributed by atoms with Crippen molar-refractivity contribution >= 4 is 24.1 Å². The van der Waals surface area contributed by atoms with Crippen LogP contribution in [0.1, 0.15) is 31.7 Å². The number of rotatable bonds is 4. The molecule has 0 aliphatic heterocycles. The number of hydrogen-bond acceptors (Lipinski definition) is 4. The van der Waals surface area contributed by atoms with Gasteiger partial charge < -0.3 is 10.5 Å². The third kappa shape index (κ3) is 4.33. The zero-order valence-electron chi connectivity index (χ0n) is 9.60. The van der Waals surface area contributed by atoms with Crippen LogP contribution in [0.2, 0.25) is 0 Å². The van der Waals surface area contributed by atoms with E-state index in [1.54, 1.807) is 18.2 Å². The van der Waals surface area contributed by atoms with Crippen LogP contribution < -0.4 is 10.5 Å². The molecule has 1 aromatic rings. The normalized spacial score (nSPS) is 8.94. The van der Waals surface area contributed by atoms with Crippen LogP contribution in [0.15, 0.2) is 18.2 Å². The Morgan fingerprint density at radius 3 is 2.82 bits per heavy atom. The Morgan fingerprint density at radius 1 is 1.53 bits per heavy atom. The molecular weight excluding hydrogens is 240 g/mol. The van der Waals surface area contributed by atoms with Crippen molar-refractivity contribution in [2.75, 3.05) is 5.73 Å². The largest absolute Gasteiger partial charge is 0.424 e. The first kappa shape index (κ1) is 15.3. The molecule has 1 aromatic carbocycles. The van der Waals surface area contributed by atoms with E-state index in [2.05, 4.69) is 0 Å². The number of anilines is 1. The number of carbonyl (C=O) groups excluding carboxylic acids is 1. The fourth-order valence-corrected chi connectivity index (χ4v) is 1.23. The van der Waals surface area contributed by atoms with Gasteiger partial charge in [-0.3, -0.25) is 4.79 Å². The zero-order chi connectivity index (χ0) is 12.0. The van der Waals surface area contributed by atoms with E-state index in [1.165, 1.54) is 0 Å². The number of ether oxygens (including phenoxy) is 1. The summed E-state index contributed by atoms with van der Waals surface area (Å²) in [7, 11) is 0. The number of halogens is 1. The second-order valence-corrected chi connectivity index (χ2v) is 3.41. The van der Waals surface area contributed by atoms with Crippen molar-refractivity contribution in [3.05, 3.63) is 23.8 Å². The molecule has 2 N–H and O–H groups in total. The van der Waals surface area contributed by atoms with E-state index >= 15 is 0 Å². The van der Waals surface area contributed by atoms with Crippen LogP contribution in [0.25, 0.3) is 0 Å². The summed E-state index contributed by atoms with van der Waals surface area (Å²) in [6, 6.07) is 6.74. The number of carbonyl (C=O) groups is 1. The lowest BCUT2D eigenvalue weighted by atomic mass is 10.2. The Kier molecular flexibility index (Phi) is 6.76. The van der Waals surface area contributed by atoms with Crippen molar-refractivity contribution in [2.45, 2.75) is 26.2 Å². The van der Waals surface area contributed by atoms with E-state index in [4.69, 9.17) is 15.7 Å². The van der Waals surface area contributed by atoms with Crippen LogP contribution >= 0.6 is 12.4 Å². The number of benzene rings is 1. The molecular formula is C12H15ClN2O2. The smallest absolute Gasteiger partial charge is 0.311 e. The van der Waals surface area contributed by atoms with Crippen LogP contribution in [-0.4, -0.2) is 5.97 Å². The van der Waals surface area contributed by atoms with E-state index in [9.17, 15) is 4.79 Å². The van der Waals surface area contributed by atoms with E-state index in [0.29, 0.717) is 12.0 Å². The van der Waals surface area contributed by atoms with Crippen LogP contribution in [-0.2, 0) is 4.79 Å². The Bertz CT molecular complexity index is 427. The third-order valence-corrected chi connectivity index (χ3v) is 2.14. The highest BCUT2D eigenvalue weighted by molar-refractivity contribution is 5.85. The van der Waals surface area contributed by atoms with Gasteiger partial charge in [-0.05, 0) is 18.6 Å². The molecule has 0 saturated heterocycles. The highest BCUT2D eigenvalue weighted by Gasteiger charge is 2.09. The van der Waals surface area contributed by atoms with Crippen molar-refractivity contribution in [1.29, 1.82) is 5.26 Å². The highest BCUT2D eigenvalue weighted by Crippen LogP contribution is 2.24. The molecule has 0 fully saturated rings. The maximum atomic E-state index is 11.4. The molecule has 4 nitrogen and oxygen atoms in total. The van der Waals surface area contributed by atoms with Gasteiger partial charge in [-0.15, -0.1) is 12.4 Å². The SMILES string of the molecule is CCCCC(=O)Oc1cccc(C#N)c1N.Cl. The lowest BCUT2D eigenvalue weighted by Crippen LogP contribution is -2.09. The summed E-state index contributed by atoms with van der Waals surface area (Å²) in [5, 5.41) is 8.75. The fraction of sp³-hybridized carbons (Fsp3) is 0.333. The minimum atomic E-state index is -0.316. The van der Waals surface area contributed by atoms with E-state index in [0.717, 1.165) is 12.8 Å². The summed E-state index contributed by atoms with van der Waals surface area (Å²) in [6.45, 7) is 2.00. The van der Waals surface area contributed by atoms with Crippen LogP contribution in [0.3, 0.4) is 0 Å². The number of nitriles is 1. The fourth-order valence-electron chi connectivity index (χ4n) is 1.23. The van der Waals surface area contributed by atoms with Crippen molar-refractivity contribution < 1.29 is 9.53 Å². The highest BCUT2D eigenvalue weighted by atomic mass is 35.5. The first-order valence-electron chi connectivity index (χ1n) is 5.18. The quantitative estimate of drug-likeness (QED) is 0.509. The number of nitrogens with zero attached hydrogens (tertiary/aromatic N) is 1. The van der Waals surface area contributed by atoms with Crippen molar-refractivity contribution in [1.82, 2.24) is 0 Å². The Labute approximate surface area is 107 Å². The second-order valence-electron chi connectivity index (χ2n) is 3.41. The molecule has 0 aromatic heterocycles. The molecule has 5 heteroatoms. The van der Waals surface area contributed by atoms with E-state index in [-0.39, 0.29) is 29.8 Å². The van der Waals surface area contributed by atoms with E-state index in [1.807, 2.05) is 13.0 Å². The van der Waals surface area contributed by atoms with Crippen molar-refractivity contribution in [2.24, 2.45) is 0 Å². The molecule has 17 heavy (non-hydrogen) atoms. The van der Waals surface area contributed by atoms with Gasteiger partial charge in [0.1, 0.15) is 6.07 Å². The Balaban J connectivity index is 0.00000256.